The molecule has 31 heavy (non-hydrogen) atoms. The first-order valence-corrected chi connectivity index (χ1v) is 12.1. The van der Waals surface area contributed by atoms with Crippen LogP contribution in [0.4, 0.5) is 0 Å². The highest BCUT2D eigenvalue weighted by Gasteiger charge is 2.34. The minimum atomic E-state index is -3.76. The molecule has 0 aromatic heterocycles. The topological polar surface area (TPSA) is 68.6 Å². The van der Waals surface area contributed by atoms with Gasteiger partial charge in [0, 0.05) is 38.1 Å². The van der Waals surface area contributed by atoms with Crippen LogP contribution in [0.15, 0.2) is 64.1 Å². The van der Waals surface area contributed by atoms with Gasteiger partial charge in [0.25, 0.3) is 0 Å². The Balaban J connectivity index is 1.74. The van der Waals surface area contributed by atoms with Crippen LogP contribution in [0, 0.1) is 0 Å². The van der Waals surface area contributed by atoms with Crippen LogP contribution < -0.4 is 0 Å². The van der Waals surface area contributed by atoms with Crippen LogP contribution in [0.5, 0.6) is 0 Å². The molecule has 0 N–H and O–H groups in total. The summed E-state index contributed by atoms with van der Waals surface area (Å²) in [6, 6.07) is 17.6. The van der Waals surface area contributed by atoms with E-state index in [1.54, 1.807) is 24.0 Å². The SMILES string of the molecule is CN(C)C(=NS(=O)(=O)N1CCCC1)N1CC(c2ccccc2)C(c2ccc(Cl)cc2)=N1. The van der Waals surface area contributed by atoms with E-state index < -0.39 is 10.2 Å². The Bertz CT molecular complexity index is 1080. The summed E-state index contributed by atoms with van der Waals surface area (Å²) in [4.78, 5) is 1.70. The summed E-state index contributed by atoms with van der Waals surface area (Å²) in [6.07, 6.45) is 1.73. The summed E-state index contributed by atoms with van der Waals surface area (Å²) >= 11 is 6.08. The van der Waals surface area contributed by atoms with E-state index in [-0.39, 0.29) is 5.92 Å². The lowest BCUT2D eigenvalue weighted by molar-refractivity contribution is 0.402. The predicted octanol–water partition coefficient (Wildman–Crippen LogP) is 3.40. The Labute approximate surface area is 188 Å². The molecule has 9 heteroatoms. The summed E-state index contributed by atoms with van der Waals surface area (Å²) in [7, 11) is -0.193. The van der Waals surface area contributed by atoms with Crippen molar-refractivity contribution in [2.45, 2.75) is 18.8 Å². The maximum absolute atomic E-state index is 12.9. The van der Waals surface area contributed by atoms with Gasteiger partial charge in [0.2, 0.25) is 5.96 Å². The van der Waals surface area contributed by atoms with E-state index in [0.29, 0.717) is 30.6 Å². The molecule has 2 heterocycles. The Morgan fingerprint density at radius 2 is 1.71 bits per heavy atom. The number of benzene rings is 2. The number of hydrogen-bond acceptors (Lipinski definition) is 3. The van der Waals surface area contributed by atoms with E-state index in [1.807, 2.05) is 42.5 Å². The Morgan fingerprint density at radius 3 is 2.32 bits per heavy atom. The van der Waals surface area contributed by atoms with Crippen LogP contribution in [-0.4, -0.2) is 68.0 Å². The van der Waals surface area contributed by atoms with Gasteiger partial charge in [-0.25, -0.2) is 5.01 Å². The molecule has 0 amide bonds. The summed E-state index contributed by atoms with van der Waals surface area (Å²) in [5, 5.41) is 7.17. The van der Waals surface area contributed by atoms with Crippen LogP contribution in [0.2, 0.25) is 5.02 Å². The van der Waals surface area contributed by atoms with Crippen molar-refractivity contribution >= 4 is 33.5 Å². The Kier molecular flexibility index (Phi) is 6.31. The number of rotatable bonds is 4. The maximum atomic E-state index is 12.9. The van der Waals surface area contributed by atoms with E-state index in [4.69, 9.17) is 16.7 Å². The van der Waals surface area contributed by atoms with Gasteiger partial charge >= 0.3 is 10.2 Å². The molecule has 1 atom stereocenters. The minimum Gasteiger partial charge on any atom is -0.347 e. The van der Waals surface area contributed by atoms with Gasteiger partial charge in [-0.05, 0) is 36.1 Å². The molecular weight excluding hydrogens is 434 g/mol. The zero-order valence-electron chi connectivity index (χ0n) is 17.6. The van der Waals surface area contributed by atoms with E-state index in [2.05, 4.69) is 16.5 Å². The highest BCUT2D eigenvalue weighted by Crippen LogP contribution is 2.30. The van der Waals surface area contributed by atoms with E-state index in [0.717, 1.165) is 29.7 Å². The molecular formula is C22H26ClN5O2S. The monoisotopic (exact) mass is 459 g/mol. The molecule has 2 aromatic carbocycles. The van der Waals surface area contributed by atoms with Crippen LogP contribution in [0.25, 0.3) is 0 Å². The molecule has 2 aliphatic rings. The molecule has 2 aliphatic heterocycles. The molecule has 0 saturated carbocycles. The van der Waals surface area contributed by atoms with Gasteiger partial charge in [-0.2, -0.15) is 17.8 Å². The first-order chi connectivity index (χ1) is 14.8. The van der Waals surface area contributed by atoms with Gasteiger partial charge in [-0.1, -0.05) is 54.1 Å². The third-order valence-electron chi connectivity index (χ3n) is 5.48. The minimum absolute atomic E-state index is 0.0259. The third-order valence-corrected chi connectivity index (χ3v) is 7.14. The summed E-state index contributed by atoms with van der Waals surface area (Å²) < 4.78 is 31.4. The number of nitrogens with zero attached hydrogens (tertiary/aromatic N) is 5. The summed E-state index contributed by atoms with van der Waals surface area (Å²) in [5.41, 5.74) is 2.91. The van der Waals surface area contributed by atoms with Gasteiger partial charge in [0.15, 0.2) is 0 Å². The fraction of sp³-hybridized carbons (Fsp3) is 0.364. The normalized spacial score (nSPS) is 20.2. The zero-order chi connectivity index (χ0) is 22.0. The highest BCUT2D eigenvalue weighted by atomic mass is 35.5. The number of guanidine groups is 1. The van der Waals surface area contributed by atoms with Gasteiger partial charge < -0.3 is 4.90 Å². The summed E-state index contributed by atoms with van der Waals surface area (Å²) in [6.45, 7) is 1.52. The van der Waals surface area contributed by atoms with Crippen molar-refractivity contribution in [1.29, 1.82) is 0 Å². The van der Waals surface area contributed by atoms with Crippen molar-refractivity contribution in [2.24, 2.45) is 9.50 Å². The van der Waals surface area contributed by atoms with Crippen molar-refractivity contribution in [2.75, 3.05) is 33.7 Å². The predicted molar refractivity (Wildman–Crippen MR) is 125 cm³/mol. The second kappa shape index (κ2) is 8.98. The van der Waals surface area contributed by atoms with E-state index >= 15 is 0 Å². The van der Waals surface area contributed by atoms with Crippen molar-refractivity contribution < 1.29 is 8.42 Å². The van der Waals surface area contributed by atoms with Crippen molar-refractivity contribution in [3.05, 3.63) is 70.7 Å². The molecule has 164 valence electrons. The molecule has 1 fully saturated rings. The molecule has 0 aliphatic carbocycles. The van der Waals surface area contributed by atoms with E-state index in [1.165, 1.54) is 4.31 Å². The molecule has 1 unspecified atom stereocenters. The van der Waals surface area contributed by atoms with Gasteiger partial charge in [-0.15, -0.1) is 4.40 Å². The highest BCUT2D eigenvalue weighted by molar-refractivity contribution is 7.87. The largest absolute Gasteiger partial charge is 0.347 e. The Hall–Kier alpha value is -2.42. The lowest BCUT2D eigenvalue weighted by Gasteiger charge is -2.24. The fourth-order valence-electron chi connectivity index (χ4n) is 3.89. The van der Waals surface area contributed by atoms with Crippen molar-refractivity contribution in [3.8, 4) is 0 Å². The molecule has 0 spiro atoms. The first kappa shape index (κ1) is 21.8. The maximum Gasteiger partial charge on any atom is 0.325 e. The molecule has 7 nitrogen and oxygen atoms in total. The number of hydrogen-bond donors (Lipinski definition) is 0. The number of halogens is 1. The van der Waals surface area contributed by atoms with Crippen LogP contribution in [-0.2, 0) is 10.2 Å². The lowest BCUT2D eigenvalue weighted by atomic mass is 9.91. The molecule has 0 radical (unpaired) electrons. The van der Waals surface area contributed by atoms with Gasteiger partial charge in [0.1, 0.15) is 0 Å². The third kappa shape index (κ3) is 4.76. The van der Waals surface area contributed by atoms with Crippen LogP contribution in [0.3, 0.4) is 0 Å². The molecule has 2 aromatic rings. The average molecular weight is 460 g/mol. The second-order valence-corrected chi connectivity index (χ2v) is 9.94. The first-order valence-electron chi connectivity index (χ1n) is 10.3. The van der Waals surface area contributed by atoms with Gasteiger partial charge in [-0.3, -0.25) is 0 Å². The van der Waals surface area contributed by atoms with Crippen molar-refractivity contribution in [3.63, 3.8) is 0 Å². The van der Waals surface area contributed by atoms with Crippen molar-refractivity contribution in [1.82, 2.24) is 14.2 Å². The van der Waals surface area contributed by atoms with Gasteiger partial charge in [0.05, 0.1) is 12.3 Å². The second-order valence-electron chi connectivity index (χ2n) is 7.91. The quantitative estimate of drug-likeness (QED) is 0.519. The smallest absolute Gasteiger partial charge is 0.325 e. The number of hydrazone groups is 1. The van der Waals surface area contributed by atoms with E-state index in [9.17, 15) is 8.42 Å². The lowest BCUT2D eigenvalue weighted by Crippen LogP contribution is -2.39. The molecule has 4 rings (SSSR count). The van der Waals surface area contributed by atoms with Crippen LogP contribution >= 0.6 is 11.6 Å². The molecule has 0 bridgehead atoms. The van der Waals surface area contributed by atoms with Crippen LogP contribution in [0.1, 0.15) is 29.9 Å². The summed E-state index contributed by atoms with van der Waals surface area (Å²) in [5.74, 6) is 0.277. The average Bonchev–Trinajstić information content (AvgIpc) is 3.44. The molecule has 1 saturated heterocycles. The standard InChI is InChI=1S/C22H26ClN5O2S/c1-26(2)22(25-31(29,30)27-14-6-7-15-27)28-16-20(17-8-4-3-5-9-17)21(24-28)18-10-12-19(23)13-11-18/h3-5,8-13,20H,6-7,14-16H2,1-2H3. The Morgan fingerprint density at radius 1 is 1.06 bits per heavy atom. The zero-order valence-corrected chi connectivity index (χ0v) is 19.2. The fourth-order valence-corrected chi connectivity index (χ4v) is 5.32.